The molecule has 3 rings (SSSR count). The SMILES string of the molecule is CC(=O)Oc1ccccc1C(=O)CC1CCC(=O)NC1=O.CC(=O)Oc1ccccc1C(=O)Cl. The van der Waals surface area contributed by atoms with Crippen LogP contribution in [0, 0.1) is 5.92 Å². The second-order valence-electron chi connectivity index (χ2n) is 7.23. The Morgan fingerprint density at radius 3 is 1.88 bits per heavy atom. The highest BCUT2D eigenvalue weighted by atomic mass is 35.5. The fraction of sp³-hybridized carbons (Fsp3) is 0.250. The van der Waals surface area contributed by atoms with Crippen LogP contribution in [0.25, 0.3) is 0 Å². The molecule has 2 aromatic rings. The van der Waals surface area contributed by atoms with Gasteiger partial charge in [-0.25, -0.2) is 0 Å². The van der Waals surface area contributed by atoms with Crippen LogP contribution < -0.4 is 14.8 Å². The lowest BCUT2D eigenvalue weighted by atomic mass is 9.90. The fourth-order valence-corrected chi connectivity index (χ4v) is 3.24. The number of benzene rings is 2. The summed E-state index contributed by atoms with van der Waals surface area (Å²) in [4.78, 5) is 67.5. The monoisotopic (exact) mass is 487 g/mol. The second-order valence-corrected chi connectivity index (χ2v) is 7.57. The number of para-hydroxylation sites is 2. The number of carbonyl (C=O) groups is 6. The highest BCUT2D eigenvalue weighted by Crippen LogP contribution is 2.24. The molecule has 1 N–H and O–H groups in total. The maximum absolute atomic E-state index is 12.3. The third-order valence-corrected chi connectivity index (χ3v) is 4.78. The topological polar surface area (TPSA) is 133 Å². The number of ketones is 1. The molecule has 1 atom stereocenters. The minimum atomic E-state index is -0.642. The lowest BCUT2D eigenvalue weighted by molar-refractivity contribution is -0.136. The fourth-order valence-electron chi connectivity index (χ4n) is 3.08. The van der Waals surface area contributed by atoms with Gasteiger partial charge in [0.25, 0.3) is 5.24 Å². The van der Waals surface area contributed by atoms with Gasteiger partial charge in [-0.3, -0.25) is 34.1 Å². The normalized spacial score (nSPS) is 14.7. The van der Waals surface area contributed by atoms with Gasteiger partial charge in [-0.05, 0) is 42.3 Å². The van der Waals surface area contributed by atoms with Crippen LogP contribution in [-0.4, -0.2) is 34.8 Å². The summed E-state index contributed by atoms with van der Waals surface area (Å²) in [5, 5.41) is 1.58. The van der Waals surface area contributed by atoms with Crippen molar-refractivity contribution in [2.75, 3.05) is 0 Å². The van der Waals surface area contributed by atoms with E-state index in [1.165, 1.54) is 32.0 Å². The second kappa shape index (κ2) is 12.4. The maximum atomic E-state index is 12.3. The zero-order valence-electron chi connectivity index (χ0n) is 18.5. The maximum Gasteiger partial charge on any atom is 0.308 e. The molecule has 34 heavy (non-hydrogen) atoms. The standard InChI is InChI=1S/C15H15NO5.C9H7ClO3/c1-9(17)21-13-5-3-2-4-11(13)12(18)8-10-6-7-14(19)16-15(10)20;1-6(11)13-8-5-3-2-4-7(8)9(10)12/h2-5,10H,6-8H2,1H3,(H,16,19,20);2-5H,1H3. The Bertz CT molecular complexity index is 1130. The Balaban J connectivity index is 0.000000270. The number of nitrogens with one attached hydrogen (secondary N) is 1. The number of rotatable bonds is 6. The Kier molecular flexibility index (Phi) is 9.63. The van der Waals surface area contributed by atoms with Crippen LogP contribution in [0.3, 0.4) is 0 Å². The Labute approximate surface area is 200 Å². The van der Waals surface area contributed by atoms with Gasteiger partial charge in [0, 0.05) is 32.6 Å². The van der Waals surface area contributed by atoms with Crippen molar-refractivity contribution in [3.05, 3.63) is 59.7 Å². The number of piperidine rings is 1. The van der Waals surface area contributed by atoms with Crippen molar-refractivity contribution in [1.82, 2.24) is 5.32 Å². The van der Waals surface area contributed by atoms with Gasteiger partial charge < -0.3 is 9.47 Å². The molecule has 0 spiro atoms. The third-order valence-electron chi connectivity index (χ3n) is 4.58. The summed E-state index contributed by atoms with van der Waals surface area (Å²) >= 11 is 5.26. The minimum absolute atomic E-state index is 0.0165. The average molecular weight is 488 g/mol. The number of halogens is 1. The van der Waals surface area contributed by atoms with E-state index in [-0.39, 0.29) is 47.2 Å². The predicted molar refractivity (Wildman–Crippen MR) is 121 cm³/mol. The molecule has 9 nitrogen and oxygen atoms in total. The van der Waals surface area contributed by atoms with Gasteiger partial charge in [0.1, 0.15) is 11.5 Å². The third kappa shape index (κ3) is 7.93. The number of carbonyl (C=O) groups excluding carboxylic acids is 6. The summed E-state index contributed by atoms with van der Waals surface area (Å²) in [5.74, 6) is -2.19. The summed E-state index contributed by atoms with van der Waals surface area (Å²) in [5.41, 5.74) is 0.455. The number of amides is 2. The molecule has 178 valence electrons. The molecule has 1 aliphatic rings. The summed E-state index contributed by atoms with van der Waals surface area (Å²) in [6, 6.07) is 12.7. The van der Waals surface area contributed by atoms with Crippen LogP contribution in [0.1, 0.15) is 53.8 Å². The van der Waals surface area contributed by atoms with Crippen molar-refractivity contribution in [3.63, 3.8) is 0 Å². The van der Waals surface area contributed by atoms with Gasteiger partial charge in [0.2, 0.25) is 11.8 Å². The van der Waals surface area contributed by atoms with Crippen LogP contribution in [0.4, 0.5) is 0 Å². The van der Waals surface area contributed by atoms with E-state index in [0.717, 1.165) is 0 Å². The van der Waals surface area contributed by atoms with Gasteiger partial charge in [0.15, 0.2) is 5.78 Å². The molecule has 2 aromatic carbocycles. The van der Waals surface area contributed by atoms with Gasteiger partial charge in [-0.1, -0.05) is 24.3 Å². The first-order valence-corrected chi connectivity index (χ1v) is 10.6. The molecular weight excluding hydrogens is 466 g/mol. The van der Waals surface area contributed by atoms with Crippen LogP contribution in [-0.2, 0) is 19.2 Å². The molecule has 0 aliphatic carbocycles. The van der Waals surface area contributed by atoms with E-state index in [4.69, 9.17) is 21.1 Å². The Hall–Kier alpha value is -3.85. The summed E-state index contributed by atoms with van der Waals surface area (Å²) in [7, 11) is 0. The van der Waals surface area contributed by atoms with Crippen LogP contribution in [0.2, 0.25) is 0 Å². The highest BCUT2D eigenvalue weighted by molar-refractivity contribution is 6.68. The van der Waals surface area contributed by atoms with Crippen LogP contribution >= 0.6 is 11.6 Å². The van der Waals surface area contributed by atoms with Crippen molar-refractivity contribution >= 4 is 46.4 Å². The number of ether oxygens (including phenoxy) is 2. The molecule has 1 fully saturated rings. The van der Waals surface area contributed by atoms with E-state index in [0.29, 0.717) is 6.42 Å². The number of hydrogen-bond donors (Lipinski definition) is 1. The first-order valence-electron chi connectivity index (χ1n) is 10.2. The number of esters is 2. The molecule has 1 aliphatic heterocycles. The summed E-state index contributed by atoms with van der Waals surface area (Å²) in [6.07, 6.45) is 0.568. The van der Waals surface area contributed by atoms with Crippen molar-refractivity contribution in [2.24, 2.45) is 5.92 Å². The smallest absolute Gasteiger partial charge is 0.308 e. The Morgan fingerprint density at radius 2 is 1.38 bits per heavy atom. The van der Waals surface area contributed by atoms with Crippen molar-refractivity contribution in [1.29, 1.82) is 0 Å². The largest absolute Gasteiger partial charge is 0.426 e. The van der Waals surface area contributed by atoms with E-state index in [1.54, 1.807) is 30.3 Å². The number of imide groups is 1. The van der Waals surface area contributed by atoms with Crippen molar-refractivity contribution < 1.29 is 38.2 Å². The number of hydrogen-bond acceptors (Lipinski definition) is 8. The van der Waals surface area contributed by atoms with E-state index in [9.17, 15) is 28.8 Å². The molecule has 2 amide bonds. The van der Waals surface area contributed by atoms with Crippen LogP contribution in [0.5, 0.6) is 11.5 Å². The van der Waals surface area contributed by atoms with Gasteiger partial charge in [-0.15, -0.1) is 0 Å². The van der Waals surface area contributed by atoms with E-state index >= 15 is 0 Å². The molecule has 0 bridgehead atoms. The lowest BCUT2D eigenvalue weighted by Crippen LogP contribution is -2.41. The molecule has 0 radical (unpaired) electrons. The molecule has 10 heteroatoms. The molecule has 0 saturated carbocycles. The predicted octanol–water partition coefficient (Wildman–Crippen LogP) is 3.23. The Morgan fingerprint density at radius 1 is 0.882 bits per heavy atom. The zero-order valence-corrected chi connectivity index (χ0v) is 19.2. The van der Waals surface area contributed by atoms with Gasteiger partial charge in [0.05, 0.1) is 11.1 Å². The molecule has 1 saturated heterocycles. The molecule has 1 heterocycles. The quantitative estimate of drug-likeness (QED) is 0.216. The molecule has 0 aromatic heterocycles. The molecular formula is C24H22ClNO8. The van der Waals surface area contributed by atoms with Gasteiger partial charge in [-0.2, -0.15) is 0 Å². The summed E-state index contributed by atoms with van der Waals surface area (Å²) in [6.45, 7) is 2.51. The number of Topliss-reactive ketones (excluding diaryl/α,β-unsaturated/α-hetero) is 1. The van der Waals surface area contributed by atoms with Crippen LogP contribution in [0.15, 0.2) is 48.5 Å². The van der Waals surface area contributed by atoms with Gasteiger partial charge >= 0.3 is 11.9 Å². The average Bonchev–Trinajstić information content (AvgIpc) is 2.76. The lowest BCUT2D eigenvalue weighted by Gasteiger charge is -2.20. The molecule has 1 unspecified atom stereocenters. The first kappa shape index (κ1) is 26.4. The first-order chi connectivity index (χ1) is 16.1. The van der Waals surface area contributed by atoms with E-state index < -0.39 is 29.0 Å². The highest BCUT2D eigenvalue weighted by Gasteiger charge is 2.29. The van der Waals surface area contributed by atoms with Crippen molar-refractivity contribution in [2.45, 2.75) is 33.1 Å². The minimum Gasteiger partial charge on any atom is -0.426 e. The van der Waals surface area contributed by atoms with E-state index in [2.05, 4.69) is 5.32 Å². The van der Waals surface area contributed by atoms with E-state index in [1.807, 2.05) is 0 Å². The zero-order chi connectivity index (χ0) is 25.3. The van der Waals surface area contributed by atoms with Crippen molar-refractivity contribution in [3.8, 4) is 11.5 Å². The summed E-state index contributed by atoms with van der Waals surface area (Å²) < 4.78 is 9.75.